The van der Waals surface area contributed by atoms with Crippen LogP contribution in [0.15, 0.2) is 0 Å². The van der Waals surface area contributed by atoms with Crippen molar-refractivity contribution in [1.82, 2.24) is 0 Å². The van der Waals surface area contributed by atoms with E-state index in [1.807, 2.05) is 0 Å². The van der Waals surface area contributed by atoms with Crippen molar-refractivity contribution < 1.29 is 9.59 Å². The smallest absolute Gasteiger partial charge is 0.256 e. The maximum Gasteiger partial charge on any atom is 0.256 e. The number of halogens is 3. The molecule has 0 saturated carbocycles. The van der Waals surface area contributed by atoms with Gasteiger partial charge >= 0.3 is 0 Å². The third-order valence-corrected chi connectivity index (χ3v) is 1.50. The molecule has 0 saturated heterocycles. The van der Waals surface area contributed by atoms with Crippen LogP contribution >= 0.6 is 34.8 Å². The number of rotatable bonds is 3. The van der Waals surface area contributed by atoms with Crippen LogP contribution in [0.2, 0.25) is 0 Å². The lowest BCUT2D eigenvalue weighted by Gasteiger charge is -2.06. The topological polar surface area (TPSA) is 34.1 Å². The summed E-state index contributed by atoms with van der Waals surface area (Å²) in [5.41, 5.74) is 0. The van der Waals surface area contributed by atoms with Gasteiger partial charge in [0.1, 0.15) is 0 Å². The lowest BCUT2D eigenvalue weighted by molar-refractivity contribution is -0.136. The molecule has 64 valence electrons. The van der Waals surface area contributed by atoms with E-state index >= 15 is 0 Å². The molecule has 0 aromatic rings. The highest BCUT2D eigenvalue weighted by molar-refractivity contribution is 6.81. The molecule has 0 fully saturated rings. The van der Waals surface area contributed by atoms with Gasteiger partial charge in [-0.15, -0.1) is 0 Å². The minimum Gasteiger partial charge on any atom is -0.291 e. The van der Waals surface area contributed by atoms with E-state index in [2.05, 4.69) is 0 Å². The summed E-state index contributed by atoms with van der Waals surface area (Å²) >= 11 is 15.5. The second-order valence-corrected chi connectivity index (χ2v) is 4.28. The Morgan fingerprint density at radius 2 is 1.73 bits per heavy atom. The second kappa shape index (κ2) is 4.29. The number of Topliss-reactive ketones (excluding diaryl/α,β-unsaturated/α-hetero) is 2. The Kier molecular flexibility index (Phi) is 4.37. The Balaban J connectivity index is 4.15. The Labute approximate surface area is 79.8 Å². The van der Waals surface area contributed by atoms with E-state index in [0.29, 0.717) is 6.42 Å². The summed E-state index contributed by atoms with van der Waals surface area (Å²) in [6.07, 6.45) is 0.706. The molecule has 0 radical (unpaired) electrons. The van der Waals surface area contributed by atoms with Gasteiger partial charge in [0.2, 0.25) is 11.6 Å². The summed E-state index contributed by atoms with van der Waals surface area (Å²) in [7, 11) is 0. The van der Waals surface area contributed by atoms with E-state index in [1.165, 1.54) is 0 Å². The van der Waals surface area contributed by atoms with Gasteiger partial charge in [0.25, 0.3) is 3.79 Å². The fraction of sp³-hybridized carbons (Fsp3) is 0.667. The average molecular weight is 217 g/mol. The molecule has 0 atom stereocenters. The van der Waals surface area contributed by atoms with Crippen molar-refractivity contribution in [2.75, 3.05) is 0 Å². The molecule has 0 aliphatic rings. The second-order valence-electron chi connectivity index (χ2n) is 2.00. The minimum atomic E-state index is -2.09. The van der Waals surface area contributed by atoms with Crippen molar-refractivity contribution in [3.05, 3.63) is 0 Å². The summed E-state index contributed by atoms with van der Waals surface area (Å²) in [6, 6.07) is 0. The van der Waals surface area contributed by atoms with Gasteiger partial charge in [-0.1, -0.05) is 41.7 Å². The Bertz CT molecular complexity index is 171. The predicted octanol–water partition coefficient (Wildman–Crippen LogP) is 2.29. The summed E-state index contributed by atoms with van der Waals surface area (Å²) in [4.78, 5) is 21.6. The first-order valence-corrected chi connectivity index (χ1v) is 4.17. The quantitative estimate of drug-likeness (QED) is 0.537. The third-order valence-electron chi connectivity index (χ3n) is 0.988. The van der Waals surface area contributed by atoms with Gasteiger partial charge in [-0.2, -0.15) is 0 Å². The van der Waals surface area contributed by atoms with Crippen LogP contribution in [0.1, 0.15) is 19.8 Å². The molecule has 0 bridgehead atoms. The molecule has 0 rings (SSSR count). The zero-order valence-corrected chi connectivity index (χ0v) is 8.13. The van der Waals surface area contributed by atoms with Gasteiger partial charge in [0.05, 0.1) is 0 Å². The van der Waals surface area contributed by atoms with Crippen molar-refractivity contribution in [3.8, 4) is 0 Å². The third kappa shape index (κ3) is 3.94. The molecule has 11 heavy (non-hydrogen) atoms. The van der Waals surface area contributed by atoms with E-state index in [0.717, 1.165) is 0 Å². The maximum absolute atomic E-state index is 10.8. The molecular weight excluding hydrogens is 210 g/mol. The lowest BCUT2D eigenvalue weighted by atomic mass is 10.2. The molecule has 0 aromatic heterocycles. The standard InChI is InChI=1S/C6H7Cl3O2/c1-2-3-4(10)5(11)6(7,8)9/h2-3H2,1H3. The first-order valence-electron chi connectivity index (χ1n) is 3.04. The Hall–Kier alpha value is 0.210. The molecular formula is C6H7Cl3O2. The fourth-order valence-electron chi connectivity index (χ4n) is 0.499. The zero-order chi connectivity index (χ0) is 9.07. The maximum atomic E-state index is 10.8. The highest BCUT2D eigenvalue weighted by Crippen LogP contribution is 2.27. The first-order chi connectivity index (χ1) is 4.89. The largest absolute Gasteiger partial charge is 0.291 e. The number of hydrogen-bond acceptors (Lipinski definition) is 2. The molecule has 5 heteroatoms. The monoisotopic (exact) mass is 216 g/mol. The molecule has 0 aliphatic heterocycles. The number of hydrogen-bond donors (Lipinski definition) is 0. The molecule has 0 unspecified atom stereocenters. The summed E-state index contributed by atoms with van der Waals surface area (Å²) in [5, 5.41) is 0. The fourth-order valence-corrected chi connectivity index (χ4v) is 0.815. The highest BCUT2D eigenvalue weighted by Gasteiger charge is 2.35. The Morgan fingerprint density at radius 1 is 1.27 bits per heavy atom. The van der Waals surface area contributed by atoms with Crippen LogP contribution in [0.3, 0.4) is 0 Å². The number of carbonyl (C=O) groups is 2. The number of carbonyl (C=O) groups excluding carboxylic acids is 2. The van der Waals surface area contributed by atoms with Gasteiger partial charge in [0.15, 0.2) is 0 Å². The van der Waals surface area contributed by atoms with Crippen molar-refractivity contribution in [2.45, 2.75) is 23.6 Å². The molecule has 0 spiro atoms. The minimum absolute atomic E-state index is 0.132. The van der Waals surface area contributed by atoms with E-state index in [1.54, 1.807) is 6.92 Å². The van der Waals surface area contributed by atoms with Crippen molar-refractivity contribution >= 4 is 46.4 Å². The van der Waals surface area contributed by atoms with Crippen LogP contribution in [0.25, 0.3) is 0 Å². The van der Waals surface area contributed by atoms with Crippen LogP contribution in [0.5, 0.6) is 0 Å². The predicted molar refractivity (Wildman–Crippen MR) is 45.2 cm³/mol. The van der Waals surface area contributed by atoms with Gasteiger partial charge in [-0.25, -0.2) is 0 Å². The van der Waals surface area contributed by atoms with Crippen LogP contribution in [-0.4, -0.2) is 15.4 Å². The summed E-state index contributed by atoms with van der Waals surface area (Å²) < 4.78 is -2.09. The SMILES string of the molecule is CCCC(=O)C(=O)C(Cl)(Cl)Cl. The molecule has 0 heterocycles. The summed E-state index contributed by atoms with van der Waals surface area (Å²) in [5.74, 6) is -1.59. The molecule has 0 amide bonds. The van der Waals surface area contributed by atoms with Crippen LogP contribution in [0.4, 0.5) is 0 Å². The zero-order valence-electron chi connectivity index (χ0n) is 5.86. The van der Waals surface area contributed by atoms with E-state index in [-0.39, 0.29) is 6.42 Å². The van der Waals surface area contributed by atoms with Gasteiger partial charge in [0, 0.05) is 6.42 Å². The normalized spacial score (nSPS) is 11.3. The van der Waals surface area contributed by atoms with Crippen molar-refractivity contribution in [2.24, 2.45) is 0 Å². The van der Waals surface area contributed by atoms with Gasteiger partial charge in [-0.05, 0) is 6.42 Å². The Morgan fingerprint density at radius 3 is 2.00 bits per heavy atom. The van der Waals surface area contributed by atoms with E-state index in [4.69, 9.17) is 34.8 Å². The van der Waals surface area contributed by atoms with E-state index < -0.39 is 15.4 Å². The van der Waals surface area contributed by atoms with Crippen LogP contribution < -0.4 is 0 Å². The first kappa shape index (κ1) is 11.2. The molecule has 0 aromatic carbocycles. The number of ketones is 2. The average Bonchev–Trinajstić information content (AvgIpc) is 1.85. The molecule has 0 aliphatic carbocycles. The van der Waals surface area contributed by atoms with Crippen molar-refractivity contribution in [3.63, 3.8) is 0 Å². The lowest BCUT2D eigenvalue weighted by Crippen LogP contribution is -2.27. The van der Waals surface area contributed by atoms with Gasteiger partial charge < -0.3 is 0 Å². The highest BCUT2D eigenvalue weighted by atomic mass is 35.6. The van der Waals surface area contributed by atoms with E-state index in [9.17, 15) is 9.59 Å². The van der Waals surface area contributed by atoms with Crippen LogP contribution in [0, 0.1) is 0 Å². The van der Waals surface area contributed by atoms with Crippen LogP contribution in [-0.2, 0) is 9.59 Å². The molecule has 2 nitrogen and oxygen atoms in total. The summed E-state index contributed by atoms with van der Waals surface area (Å²) in [6.45, 7) is 1.77. The van der Waals surface area contributed by atoms with Crippen molar-refractivity contribution in [1.29, 1.82) is 0 Å². The molecule has 0 N–H and O–H groups in total. The number of alkyl halides is 3. The van der Waals surface area contributed by atoms with Gasteiger partial charge in [-0.3, -0.25) is 9.59 Å².